The van der Waals surface area contributed by atoms with Crippen molar-refractivity contribution in [1.82, 2.24) is 5.32 Å². The number of furan rings is 1. The second-order valence-corrected chi connectivity index (χ2v) is 4.76. The van der Waals surface area contributed by atoms with E-state index in [4.69, 9.17) is 4.42 Å². The highest BCUT2D eigenvalue weighted by molar-refractivity contribution is 5.26. The highest BCUT2D eigenvalue weighted by Crippen LogP contribution is 2.19. The van der Waals surface area contributed by atoms with Crippen LogP contribution in [-0.4, -0.2) is 6.54 Å². The van der Waals surface area contributed by atoms with Crippen molar-refractivity contribution < 1.29 is 4.42 Å². The van der Waals surface area contributed by atoms with E-state index < -0.39 is 0 Å². The lowest BCUT2D eigenvalue weighted by molar-refractivity contribution is 0.520. The number of nitrogens with one attached hydrogen (secondary N) is 1. The second kappa shape index (κ2) is 6.41. The minimum Gasteiger partial charge on any atom is -0.472 e. The summed E-state index contributed by atoms with van der Waals surface area (Å²) in [6.45, 7) is 5.37. The Morgan fingerprint density at radius 2 is 2.17 bits per heavy atom. The van der Waals surface area contributed by atoms with Crippen LogP contribution < -0.4 is 5.32 Å². The fraction of sp³-hybridized carbons (Fsp3) is 0.375. The summed E-state index contributed by atoms with van der Waals surface area (Å²) in [6.07, 6.45) is 5.69. The number of hydrogen-bond acceptors (Lipinski definition) is 2. The van der Waals surface area contributed by atoms with E-state index in [2.05, 4.69) is 43.4 Å². The van der Waals surface area contributed by atoms with E-state index in [-0.39, 0.29) is 0 Å². The molecule has 18 heavy (non-hydrogen) atoms. The van der Waals surface area contributed by atoms with Gasteiger partial charge in [-0.05, 0) is 43.5 Å². The van der Waals surface area contributed by atoms with Crippen LogP contribution in [0.3, 0.4) is 0 Å². The molecule has 0 aliphatic heterocycles. The van der Waals surface area contributed by atoms with Gasteiger partial charge in [0.25, 0.3) is 0 Å². The van der Waals surface area contributed by atoms with Crippen molar-refractivity contribution in [2.75, 3.05) is 6.54 Å². The molecule has 0 bridgehead atoms. The van der Waals surface area contributed by atoms with Crippen molar-refractivity contribution in [2.24, 2.45) is 0 Å². The topological polar surface area (TPSA) is 25.2 Å². The van der Waals surface area contributed by atoms with Gasteiger partial charge in [0, 0.05) is 6.04 Å². The van der Waals surface area contributed by atoms with Crippen molar-refractivity contribution in [3.05, 3.63) is 59.5 Å². The van der Waals surface area contributed by atoms with E-state index in [0.29, 0.717) is 6.04 Å². The van der Waals surface area contributed by atoms with Gasteiger partial charge in [-0.25, -0.2) is 0 Å². The van der Waals surface area contributed by atoms with Gasteiger partial charge < -0.3 is 9.73 Å². The standard InChI is InChI=1S/C16H21NO/c1-3-8-17-16(11-14-7-9-18-12-14)15-6-4-5-13(2)10-15/h4-7,9-10,12,16-17H,3,8,11H2,1-2H3. The van der Waals surface area contributed by atoms with Gasteiger partial charge >= 0.3 is 0 Å². The molecule has 0 aliphatic rings. The molecule has 1 aromatic heterocycles. The van der Waals surface area contributed by atoms with Crippen LogP contribution in [0.2, 0.25) is 0 Å². The molecule has 0 spiro atoms. The van der Waals surface area contributed by atoms with E-state index in [0.717, 1.165) is 19.4 Å². The average Bonchev–Trinajstić information content (AvgIpc) is 2.87. The van der Waals surface area contributed by atoms with Gasteiger partial charge in [0.2, 0.25) is 0 Å². The molecule has 0 radical (unpaired) electrons. The van der Waals surface area contributed by atoms with Crippen LogP contribution in [0, 0.1) is 6.92 Å². The molecule has 0 fully saturated rings. The summed E-state index contributed by atoms with van der Waals surface area (Å²) in [7, 11) is 0. The molecule has 1 unspecified atom stereocenters. The number of aryl methyl sites for hydroxylation is 1. The van der Waals surface area contributed by atoms with Gasteiger partial charge in [0.05, 0.1) is 12.5 Å². The first-order valence-corrected chi connectivity index (χ1v) is 6.60. The minimum atomic E-state index is 0.363. The van der Waals surface area contributed by atoms with Crippen LogP contribution >= 0.6 is 0 Å². The van der Waals surface area contributed by atoms with E-state index in [1.165, 1.54) is 16.7 Å². The van der Waals surface area contributed by atoms with Crippen molar-refractivity contribution in [3.8, 4) is 0 Å². The first-order chi connectivity index (χ1) is 8.79. The van der Waals surface area contributed by atoms with Gasteiger partial charge in [-0.15, -0.1) is 0 Å². The minimum absolute atomic E-state index is 0.363. The lowest BCUT2D eigenvalue weighted by Crippen LogP contribution is -2.24. The molecule has 0 amide bonds. The third-order valence-electron chi connectivity index (χ3n) is 3.11. The summed E-state index contributed by atoms with van der Waals surface area (Å²) in [4.78, 5) is 0. The summed E-state index contributed by atoms with van der Waals surface area (Å²) < 4.78 is 5.15. The highest BCUT2D eigenvalue weighted by Gasteiger charge is 2.12. The van der Waals surface area contributed by atoms with Gasteiger partial charge in [-0.3, -0.25) is 0 Å². The Morgan fingerprint density at radius 1 is 1.28 bits per heavy atom. The van der Waals surface area contributed by atoms with Gasteiger partial charge in [0.1, 0.15) is 0 Å². The number of benzene rings is 1. The zero-order valence-electron chi connectivity index (χ0n) is 11.1. The molecule has 2 heteroatoms. The Hall–Kier alpha value is -1.54. The lowest BCUT2D eigenvalue weighted by Gasteiger charge is -2.18. The Morgan fingerprint density at radius 3 is 2.83 bits per heavy atom. The van der Waals surface area contributed by atoms with Crippen LogP contribution in [0.25, 0.3) is 0 Å². The molecule has 0 saturated carbocycles. The Labute approximate surface area is 109 Å². The predicted octanol–water partition coefficient (Wildman–Crippen LogP) is 3.87. The molecule has 1 heterocycles. The van der Waals surface area contributed by atoms with Crippen molar-refractivity contribution >= 4 is 0 Å². The smallest absolute Gasteiger partial charge is 0.0935 e. The quantitative estimate of drug-likeness (QED) is 0.833. The van der Waals surface area contributed by atoms with Crippen molar-refractivity contribution in [1.29, 1.82) is 0 Å². The molecular weight excluding hydrogens is 222 g/mol. The number of hydrogen-bond donors (Lipinski definition) is 1. The summed E-state index contributed by atoms with van der Waals surface area (Å²) in [5, 5.41) is 3.61. The maximum absolute atomic E-state index is 5.15. The second-order valence-electron chi connectivity index (χ2n) is 4.76. The van der Waals surface area contributed by atoms with Gasteiger partial charge in [0.15, 0.2) is 0 Å². The summed E-state index contributed by atoms with van der Waals surface area (Å²) >= 11 is 0. The lowest BCUT2D eigenvalue weighted by atomic mass is 9.99. The Balaban J connectivity index is 2.13. The average molecular weight is 243 g/mol. The van der Waals surface area contributed by atoms with Crippen molar-refractivity contribution in [2.45, 2.75) is 32.7 Å². The zero-order valence-corrected chi connectivity index (χ0v) is 11.1. The summed E-state index contributed by atoms with van der Waals surface area (Å²) in [5.74, 6) is 0. The van der Waals surface area contributed by atoms with Crippen LogP contribution in [0.4, 0.5) is 0 Å². The molecule has 2 aromatic rings. The molecule has 2 nitrogen and oxygen atoms in total. The maximum Gasteiger partial charge on any atom is 0.0935 e. The predicted molar refractivity (Wildman–Crippen MR) is 74.6 cm³/mol. The van der Waals surface area contributed by atoms with Gasteiger partial charge in [-0.1, -0.05) is 36.8 Å². The van der Waals surface area contributed by atoms with Crippen molar-refractivity contribution in [3.63, 3.8) is 0 Å². The highest BCUT2D eigenvalue weighted by atomic mass is 16.3. The molecular formula is C16H21NO. The maximum atomic E-state index is 5.15. The molecule has 0 saturated heterocycles. The van der Waals surface area contributed by atoms with Crippen LogP contribution in [0.1, 0.15) is 36.1 Å². The fourth-order valence-electron chi connectivity index (χ4n) is 2.16. The molecule has 0 aliphatic carbocycles. The van der Waals surface area contributed by atoms with E-state index in [1.807, 2.05) is 12.3 Å². The first kappa shape index (κ1) is 12.9. The summed E-state index contributed by atoms with van der Waals surface area (Å²) in [5.41, 5.74) is 3.90. The monoisotopic (exact) mass is 243 g/mol. The first-order valence-electron chi connectivity index (χ1n) is 6.60. The normalized spacial score (nSPS) is 12.6. The van der Waals surface area contributed by atoms with Crippen LogP contribution in [-0.2, 0) is 6.42 Å². The van der Waals surface area contributed by atoms with E-state index in [1.54, 1.807) is 6.26 Å². The molecule has 2 rings (SSSR count). The zero-order chi connectivity index (χ0) is 12.8. The van der Waals surface area contributed by atoms with Crippen LogP contribution in [0.5, 0.6) is 0 Å². The third-order valence-corrected chi connectivity index (χ3v) is 3.11. The largest absolute Gasteiger partial charge is 0.472 e. The fourth-order valence-corrected chi connectivity index (χ4v) is 2.16. The Bertz CT molecular complexity index is 462. The number of rotatable bonds is 6. The van der Waals surface area contributed by atoms with E-state index in [9.17, 15) is 0 Å². The molecule has 1 aromatic carbocycles. The summed E-state index contributed by atoms with van der Waals surface area (Å²) in [6, 6.07) is 11.1. The van der Waals surface area contributed by atoms with Gasteiger partial charge in [-0.2, -0.15) is 0 Å². The third kappa shape index (κ3) is 3.47. The molecule has 96 valence electrons. The van der Waals surface area contributed by atoms with Crippen LogP contribution in [0.15, 0.2) is 47.3 Å². The van der Waals surface area contributed by atoms with E-state index >= 15 is 0 Å². The Kier molecular flexibility index (Phi) is 4.59. The molecule has 1 N–H and O–H groups in total. The molecule has 1 atom stereocenters. The SMILES string of the molecule is CCCNC(Cc1ccoc1)c1cccc(C)c1.